The minimum Gasteiger partial charge on any atom is -0.726 e. The molecule has 0 aliphatic rings. The fraction of sp³-hybridized carbons (Fsp3) is 0.875. The van der Waals surface area contributed by atoms with Crippen LogP contribution in [-0.4, -0.2) is 44.6 Å². The number of rotatable bonds is 9. The van der Waals surface area contributed by atoms with Crippen molar-refractivity contribution in [2.75, 3.05) is 19.8 Å². The Morgan fingerprint density at radius 1 is 1.25 bits per heavy atom. The maximum Gasteiger partial charge on any atom is 1.00 e. The smallest absolute Gasteiger partial charge is 0.726 e. The fourth-order valence-electron chi connectivity index (χ4n) is 0.872. The zero-order valence-electron chi connectivity index (χ0n) is 11.7. The maximum absolute atomic E-state index is 12.0. The minimum absolute atomic E-state index is 0. The van der Waals surface area contributed by atoms with Gasteiger partial charge in [-0.05, 0) is 20.8 Å². The van der Waals surface area contributed by atoms with Crippen molar-refractivity contribution in [1.29, 1.82) is 0 Å². The second-order valence-electron chi connectivity index (χ2n) is 3.41. The Balaban J connectivity index is 0. The molecule has 0 saturated heterocycles. The zero-order valence-corrected chi connectivity index (χ0v) is 13.4. The van der Waals surface area contributed by atoms with E-state index in [9.17, 15) is 22.3 Å². The molecule has 0 aliphatic carbocycles. The number of hydrogen-bond donors (Lipinski definition) is 0. The van der Waals surface area contributed by atoms with E-state index in [0.717, 1.165) is 0 Å². The van der Waals surface area contributed by atoms with E-state index in [-0.39, 0.29) is 25.5 Å². The van der Waals surface area contributed by atoms with Gasteiger partial charge in [-0.25, -0.2) is 17.8 Å². The van der Waals surface area contributed by atoms with Crippen molar-refractivity contribution in [3.05, 3.63) is 0 Å². The van der Waals surface area contributed by atoms with Crippen molar-refractivity contribution in [3.63, 3.8) is 0 Å². The molecule has 1 atom stereocenters. The molecule has 12 heteroatoms. The van der Waals surface area contributed by atoms with Crippen LogP contribution in [0.3, 0.4) is 0 Å². The van der Waals surface area contributed by atoms with Crippen LogP contribution in [-0.2, 0) is 32.9 Å². The van der Waals surface area contributed by atoms with Gasteiger partial charge in [-0.2, -0.15) is 0 Å². The molecule has 0 aliphatic heterocycles. The first-order chi connectivity index (χ1) is 8.60. The summed E-state index contributed by atoms with van der Waals surface area (Å²) in [7, 11) is -9.05. The van der Waals surface area contributed by atoms with Crippen molar-refractivity contribution >= 4 is 23.7 Å². The van der Waals surface area contributed by atoms with E-state index in [1.54, 1.807) is 13.8 Å². The van der Waals surface area contributed by atoms with Gasteiger partial charge in [-0.3, -0.25) is 8.71 Å². The predicted molar refractivity (Wildman–Crippen MR) is 62.5 cm³/mol. The molecular formula is C8H16LiO9PS. The molecular weight excluding hydrogens is 310 g/mol. The summed E-state index contributed by atoms with van der Waals surface area (Å²) in [6, 6.07) is 0. The fourth-order valence-corrected chi connectivity index (χ4v) is 2.42. The topological polar surface area (TPSA) is 128 Å². The summed E-state index contributed by atoms with van der Waals surface area (Å²) >= 11 is 0. The Hall–Kier alpha value is 0.0874. The number of hydrogen-bond acceptors (Lipinski definition) is 9. The van der Waals surface area contributed by atoms with Crippen LogP contribution in [0.25, 0.3) is 0 Å². The number of carbonyl (C=O) groups excluding carboxylic acids is 1. The summed E-state index contributed by atoms with van der Waals surface area (Å²) in [5.74, 6) is 0. The molecule has 20 heavy (non-hydrogen) atoms. The zero-order chi connectivity index (χ0) is 15.1. The SMILES string of the molecule is CCOP(=O)(OCCOS(=O)(=O)[O-])C(=O)OC(C)C.[Li+]. The minimum atomic E-state index is -4.87. The Labute approximate surface area is 130 Å². The second-order valence-corrected chi connectivity index (χ2v) is 6.34. The van der Waals surface area contributed by atoms with Gasteiger partial charge in [-0.1, -0.05) is 0 Å². The van der Waals surface area contributed by atoms with Gasteiger partial charge in [0.25, 0.3) is 0 Å². The molecule has 0 aromatic heterocycles. The number of carbonyl (C=O) groups is 1. The first kappa shape index (κ1) is 22.4. The Bertz CT molecular complexity index is 435. The van der Waals surface area contributed by atoms with E-state index in [2.05, 4.69) is 8.71 Å². The van der Waals surface area contributed by atoms with Crippen LogP contribution < -0.4 is 18.9 Å². The van der Waals surface area contributed by atoms with Crippen LogP contribution in [0.1, 0.15) is 20.8 Å². The van der Waals surface area contributed by atoms with Gasteiger partial charge in [0.1, 0.15) is 0 Å². The van der Waals surface area contributed by atoms with E-state index in [4.69, 9.17) is 9.26 Å². The van der Waals surface area contributed by atoms with Gasteiger partial charge in [0.05, 0.1) is 25.9 Å². The first-order valence-corrected chi connectivity index (χ1v) is 8.19. The van der Waals surface area contributed by atoms with E-state index < -0.39 is 43.0 Å². The normalized spacial score (nSPS) is 14.4. The largest absolute Gasteiger partial charge is 1.00 e. The molecule has 114 valence electrons. The van der Waals surface area contributed by atoms with Crippen molar-refractivity contribution < 1.29 is 59.2 Å². The quantitative estimate of drug-likeness (QED) is 0.159. The van der Waals surface area contributed by atoms with E-state index in [1.165, 1.54) is 6.92 Å². The third kappa shape index (κ3) is 9.91. The monoisotopic (exact) mass is 326 g/mol. The van der Waals surface area contributed by atoms with Gasteiger partial charge >= 0.3 is 32.2 Å². The molecule has 0 radical (unpaired) electrons. The Kier molecular flexibility index (Phi) is 11.1. The summed E-state index contributed by atoms with van der Waals surface area (Å²) in [5.41, 5.74) is -1.19. The summed E-state index contributed by atoms with van der Waals surface area (Å²) in [4.78, 5) is 11.5. The molecule has 0 N–H and O–H groups in total. The Morgan fingerprint density at radius 3 is 2.20 bits per heavy atom. The maximum atomic E-state index is 12.0. The van der Waals surface area contributed by atoms with Crippen molar-refractivity contribution in [1.82, 2.24) is 0 Å². The molecule has 1 unspecified atom stereocenters. The molecule has 0 amide bonds. The van der Waals surface area contributed by atoms with Crippen LogP contribution >= 0.6 is 7.60 Å². The molecule has 0 spiro atoms. The molecule has 0 aromatic carbocycles. The van der Waals surface area contributed by atoms with E-state index >= 15 is 0 Å². The molecule has 0 heterocycles. The summed E-state index contributed by atoms with van der Waals surface area (Å²) in [6.45, 7) is 3.23. The molecule has 9 nitrogen and oxygen atoms in total. The summed E-state index contributed by atoms with van der Waals surface area (Å²) in [6.07, 6.45) is -0.525. The second kappa shape index (κ2) is 9.92. The van der Waals surface area contributed by atoms with Crippen LogP contribution in [0.5, 0.6) is 0 Å². The first-order valence-electron chi connectivity index (χ1n) is 5.31. The Morgan fingerprint density at radius 2 is 1.80 bits per heavy atom. The van der Waals surface area contributed by atoms with Crippen LogP contribution in [0.15, 0.2) is 0 Å². The van der Waals surface area contributed by atoms with Crippen LogP contribution in [0, 0.1) is 0 Å². The average molecular weight is 326 g/mol. The van der Waals surface area contributed by atoms with E-state index in [1.807, 2.05) is 0 Å². The molecule has 0 fully saturated rings. The van der Waals surface area contributed by atoms with Crippen LogP contribution in [0.2, 0.25) is 0 Å². The van der Waals surface area contributed by atoms with E-state index in [0.29, 0.717) is 0 Å². The van der Waals surface area contributed by atoms with Crippen molar-refractivity contribution in [2.24, 2.45) is 0 Å². The summed E-state index contributed by atoms with van der Waals surface area (Å²) < 4.78 is 60.3. The third-order valence-corrected chi connectivity index (χ3v) is 3.56. The van der Waals surface area contributed by atoms with Gasteiger partial charge in [0.2, 0.25) is 10.4 Å². The van der Waals surface area contributed by atoms with Gasteiger partial charge in [-0.15, -0.1) is 0 Å². The number of ether oxygens (including phenoxy) is 1. The molecule has 0 aromatic rings. The molecule has 0 rings (SSSR count). The predicted octanol–water partition coefficient (Wildman–Crippen LogP) is -1.74. The standard InChI is InChI=1S/C8H17O9PS.Li/c1-4-14-18(10,8(9)17-7(2)3)15-5-6-16-19(11,12)13;/h7H,4-6H2,1-3H3,(H,11,12,13);/q;+1/p-1. The summed E-state index contributed by atoms with van der Waals surface area (Å²) in [5, 5.41) is 0. The molecule has 0 bridgehead atoms. The van der Waals surface area contributed by atoms with Crippen molar-refractivity contribution in [2.45, 2.75) is 26.9 Å². The third-order valence-electron chi connectivity index (χ3n) is 1.43. The van der Waals surface area contributed by atoms with Gasteiger partial charge in [0, 0.05) is 0 Å². The van der Waals surface area contributed by atoms with Crippen molar-refractivity contribution in [3.8, 4) is 0 Å². The molecule has 0 saturated carbocycles. The van der Waals surface area contributed by atoms with Gasteiger partial charge < -0.3 is 13.8 Å². The van der Waals surface area contributed by atoms with Gasteiger partial charge in [0.15, 0.2) is 0 Å². The average Bonchev–Trinajstić information content (AvgIpc) is 2.22. The van der Waals surface area contributed by atoms with Crippen LogP contribution in [0.4, 0.5) is 4.79 Å².